The molecule has 15 N–H and O–H groups in total. The van der Waals surface area contributed by atoms with Crippen molar-refractivity contribution in [3.05, 3.63) is 0 Å². The third-order valence-electron chi connectivity index (χ3n) is 6.43. The Bertz CT molecular complexity index is 607. The molecule has 2 heterocycles. The van der Waals surface area contributed by atoms with Crippen molar-refractivity contribution >= 4 is 0 Å². The maximum absolute atomic E-state index is 11.0. The molecule has 0 aromatic carbocycles. The average Bonchev–Trinajstić information content (AvgIpc) is 2.76. The summed E-state index contributed by atoms with van der Waals surface area (Å²) in [5.74, 6) is 0. The van der Waals surface area contributed by atoms with Crippen LogP contribution in [0.1, 0.15) is 12.8 Å². The number of hydrogen-bond donors (Lipinski definition) is 10. The first-order chi connectivity index (χ1) is 15.1. The van der Waals surface area contributed by atoms with Gasteiger partial charge >= 0.3 is 0 Å². The SMILES string of the molecule is NCC1OC(OC2C(N)CC(N)C(OC3CC(N)C(O)C(CO)O3)C2O)C(N)C(O)C1O. The molecule has 3 fully saturated rings. The lowest BCUT2D eigenvalue weighted by molar-refractivity contribution is -0.303. The first-order valence-electron chi connectivity index (χ1n) is 10.8. The fourth-order valence-electron chi connectivity index (χ4n) is 4.45. The van der Waals surface area contributed by atoms with Crippen LogP contribution in [0.25, 0.3) is 0 Å². The van der Waals surface area contributed by atoms with Crippen molar-refractivity contribution < 1.29 is 44.5 Å². The van der Waals surface area contributed by atoms with Crippen LogP contribution >= 0.6 is 0 Å². The van der Waals surface area contributed by atoms with E-state index in [1.807, 2.05) is 0 Å². The van der Waals surface area contributed by atoms with Crippen molar-refractivity contribution in [1.82, 2.24) is 0 Å². The van der Waals surface area contributed by atoms with E-state index >= 15 is 0 Å². The molecule has 3 rings (SSSR count). The number of nitrogens with two attached hydrogens (primary N) is 5. The molecule has 3 aliphatic rings. The lowest BCUT2D eigenvalue weighted by Crippen LogP contribution is -2.68. The van der Waals surface area contributed by atoms with E-state index in [1.165, 1.54) is 0 Å². The molecule has 0 bridgehead atoms. The number of aliphatic hydroxyl groups is 5. The first-order valence-corrected chi connectivity index (χ1v) is 10.8. The topological polar surface area (TPSA) is 268 Å². The van der Waals surface area contributed by atoms with Crippen LogP contribution in [0.3, 0.4) is 0 Å². The zero-order chi connectivity index (χ0) is 23.7. The van der Waals surface area contributed by atoms with E-state index < -0.39 is 92.2 Å². The second kappa shape index (κ2) is 10.8. The van der Waals surface area contributed by atoms with Crippen LogP contribution in [0.5, 0.6) is 0 Å². The van der Waals surface area contributed by atoms with E-state index in [4.69, 9.17) is 47.6 Å². The summed E-state index contributed by atoms with van der Waals surface area (Å²) in [4.78, 5) is 0. The third kappa shape index (κ3) is 5.24. The highest BCUT2D eigenvalue weighted by molar-refractivity contribution is 5.01. The molecule has 14 nitrogen and oxygen atoms in total. The van der Waals surface area contributed by atoms with Gasteiger partial charge in [-0.1, -0.05) is 0 Å². The minimum Gasteiger partial charge on any atom is -0.394 e. The standard InChI is InChI=1S/C18H37N5O9/c19-3-8-13(26)14(27)11(23)18(30-8)32-17-7(22)1-6(21)16(15(17)28)31-10-2-5(20)12(25)9(4-24)29-10/h5-18,24-28H,1-4,19-23H2. The van der Waals surface area contributed by atoms with Crippen LogP contribution in [-0.2, 0) is 18.9 Å². The van der Waals surface area contributed by atoms with Crippen LogP contribution in [0.15, 0.2) is 0 Å². The fourth-order valence-corrected chi connectivity index (χ4v) is 4.45. The number of hydrogen-bond acceptors (Lipinski definition) is 14. The summed E-state index contributed by atoms with van der Waals surface area (Å²) in [6.45, 7) is -0.546. The number of rotatable bonds is 6. The molecule has 1 aliphatic carbocycles. The van der Waals surface area contributed by atoms with Crippen molar-refractivity contribution in [2.45, 2.75) is 98.4 Å². The van der Waals surface area contributed by atoms with Crippen LogP contribution in [0, 0.1) is 0 Å². The quantitative estimate of drug-likeness (QED) is 0.174. The molecule has 2 saturated heterocycles. The van der Waals surface area contributed by atoms with Gasteiger partial charge in [0.15, 0.2) is 12.6 Å². The first kappa shape index (κ1) is 26.1. The van der Waals surface area contributed by atoms with Gasteiger partial charge in [-0.05, 0) is 6.42 Å². The van der Waals surface area contributed by atoms with Crippen molar-refractivity contribution in [2.75, 3.05) is 13.2 Å². The van der Waals surface area contributed by atoms with Crippen LogP contribution in [0.4, 0.5) is 0 Å². The van der Waals surface area contributed by atoms with Crippen molar-refractivity contribution in [3.63, 3.8) is 0 Å². The summed E-state index contributed by atoms with van der Waals surface area (Å²) < 4.78 is 22.8. The molecule has 0 aromatic rings. The highest BCUT2D eigenvalue weighted by Crippen LogP contribution is 2.30. The molecule has 0 radical (unpaired) electrons. The molecule has 14 atom stereocenters. The highest BCUT2D eigenvalue weighted by atomic mass is 16.7. The van der Waals surface area contributed by atoms with Gasteiger partial charge in [0, 0.05) is 31.1 Å². The Labute approximate surface area is 185 Å². The predicted molar refractivity (Wildman–Crippen MR) is 108 cm³/mol. The van der Waals surface area contributed by atoms with E-state index in [0.29, 0.717) is 0 Å². The van der Waals surface area contributed by atoms with Gasteiger partial charge in [-0.2, -0.15) is 0 Å². The molecule has 32 heavy (non-hydrogen) atoms. The molecule has 0 aromatic heterocycles. The average molecular weight is 468 g/mol. The Hall–Kier alpha value is -0.560. The van der Waals surface area contributed by atoms with Crippen molar-refractivity contribution in [1.29, 1.82) is 0 Å². The number of ether oxygens (including phenoxy) is 4. The lowest BCUT2D eigenvalue weighted by Gasteiger charge is -2.47. The van der Waals surface area contributed by atoms with Gasteiger partial charge in [0.25, 0.3) is 0 Å². The molecule has 0 spiro atoms. The predicted octanol–water partition coefficient (Wildman–Crippen LogP) is -6.30. The maximum atomic E-state index is 11.0. The molecule has 2 aliphatic heterocycles. The van der Waals surface area contributed by atoms with E-state index in [9.17, 15) is 25.5 Å². The van der Waals surface area contributed by atoms with Crippen molar-refractivity contribution in [3.8, 4) is 0 Å². The molecule has 14 heteroatoms. The largest absolute Gasteiger partial charge is 0.394 e. The van der Waals surface area contributed by atoms with Gasteiger partial charge in [0.05, 0.1) is 18.8 Å². The minimum absolute atomic E-state index is 0.0855. The van der Waals surface area contributed by atoms with Crippen LogP contribution in [-0.4, -0.2) is 124 Å². The van der Waals surface area contributed by atoms with E-state index in [1.54, 1.807) is 0 Å². The summed E-state index contributed by atoms with van der Waals surface area (Å²) in [5, 5.41) is 50.5. The second-order valence-electron chi connectivity index (χ2n) is 8.77. The Kier molecular flexibility index (Phi) is 8.79. The molecular weight excluding hydrogens is 430 g/mol. The summed E-state index contributed by atoms with van der Waals surface area (Å²) in [6.07, 6.45) is -10.7. The van der Waals surface area contributed by atoms with Gasteiger partial charge in [-0.3, -0.25) is 0 Å². The monoisotopic (exact) mass is 467 g/mol. The Morgan fingerprint density at radius 3 is 1.94 bits per heavy atom. The van der Waals surface area contributed by atoms with Crippen molar-refractivity contribution in [2.24, 2.45) is 28.7 Å². The van der Waals surface area contributed by atoms with E-state index in [-0.39, 0.29) is 19.4 Å². The van der Waals surface area contributed by atoms with Gasteiger partial charge in [0.1, 0.15) is 42.7 Å². The van der Waals surface area contributed by atoms with Gasteiger partial charge in [-0.25, -0.2) is 0 Å². The normalized spacial score (nSPS) is 52.7. The molecule has 188 valence electrons. The summed E-state index contributed by atoms with van der Waals surface area (Å²) in [7, 11) is 0. The van der Waals surface area contributed by atoms with Gasteiger partial charge in [-0.15, -0.1) is 0 Å². The molecule has 14 unspecified atom stereocenters. The summed E-state index contributed by atoms with van der Waals surface area (Å²) in [5.41, 5.74) is 29.7. The smallest absolute Gasteiger partial charge is 0.176 e. The fraction of sp³-hybridized carbons (Fsp3) is 1.00. The van der Waals surface area contributed by atoms with E-state index in [0.717, 1.165) is 0 Å². The zero-order valence-corrected chi connectivity index (χ0v) is 17.7. The van der Waals surface area contributed by atoms with E-state index in [2.05, 4.69) is 0 Å². The summed E-state index contributed by atoms with van der Waals surface area (Å²) >= 11 is 0. The number of aliphatic hydroxyl groups excluding tert-OH is 5. The zero-order valence-electron chi connectivity index (χ0n) is 17.7. The molecule has 0 amide bonds. The van der Waals surface area contributed by atoms with Crippen LogP contribution in [0.2, 0.25) is 0 Å². The lowest BCUT2D eigenvalue weighted by atomic mass is 9.84. The molecule has 1 saturated carbocycles. The molecular formula is C18H37N5O9. The highest BCUT2D eigenvalue weighted by Gasteiger charge is 2.49. The summed E-state index contributed by atoms with van der Waals surface area (Å²) in [6, 6.07) is -3.21. The third-order valence-corrected chi connectivity index (χ3v) is 6.43. The second-order valence-corrected chi connectivity index (χ2v) is 8.77. The minimum atomic E-state index is -1.35. The van der Waals surface area contributed by atoms with Crippen LogP contribution < -0.4 is 28.7 Å². The Morgan fingerprint density at radius 2 is 1.34 bits per heavy atom. The Balaban J connectivity index is 1.69. The maximum Gasteiger partial charge on any atom is 0.176 e. The Morgan fingerprint density at radius 1 is 0.719 bits per heavy atom. The van der Waals surface area contributed by atoms with Gasteiger partial charge in [0.2, 0.25) is 0 Å². The van der Waals surface area contributed by atoms with Gasteiger partial charge < -0.3 is 73.1 Å².